The van der Waals surface area contributed by atoms with Gasteiger partial charge in [-0.1, -0.05) is 0 Å². The standard InChI is InChI=1S/C14H15INO9S.Na/c15-6-1-2-8-7(3-6)9(4-16-8)25-26(21,22)23-5-10-11(17)12(18)13(19)14(20)24-10;/h1-4,10-14,16-19H,5H2;/q-1;+1/t10-,11+,12+,13-,14-;/m1./s1. The topological polar surface area (TPSA) is 161 Å². The minimum Gasteiger partial charge on any atom is -0.829 e. The van der Waals surface area contributed by atoms with Crippen LogP contribution in [0.1, 0.15) is 0 Å². The first kappa shape index (κ1) is 23.3. The number of rotatable bonds is 5. The van der Waals surface area contributed by atoms with Gasteiger partial charge >= 0.3 is 40.0 Å². The number of aliphatic hydroxyl groups excluding tert-OH is 3. The summed E-state index contributed by atoms with van der Waals surface area (Å²) in [5.74, 6) is 0.0146. The van der Waals surface area contributed by atoms with Gasteiger partial charge in [-0.2, -0.15) is 8.42 Å². The number of benzene rings is 1. The van der Waals surface area contributed by atoms with Crippen molar-refractivity contribution in [1.29, 1.82) is 0 Å². The number of aliphatic hydroxyl groups is 3. The minimum atomic E-state index is -4.54. The van der Waals surface area contributed by atoms with Gasteiger partial charge < -0.3 is 34.3 Å². The van der Waals surface area contributed by atoms with Crippen molar-refractivity contribution >= 4 is 43.9 Å². The van der Waals surface area contributed by atoms with Crippen molar-refractivity contribution in [2.45, 2.75) is 30.7 Å². The van der Waals surface area contributed by atoms with Crippen LogP contribution in [0.5, 0.6) is 5.75 Å². The fourth-order valence-corrected chi connectivity index (χ4v) is 3.67. The number of ether oxygens (including phenoxy) is 1. The maximum absolute atomic E-state index is 12.0. The Morgan fingerprint density at radius 3 is 2.63 bits per heavy atom. The summed E-state index contributed by atoms with van der Waals surface area (Å²) in [6, 6.07) is 5.30. The molecular formula is C14H15INNaO9S. The Kier molecular flexibility index (Phi) is 7.94. The molecule has 0 amide bonds. The number of hydrogen-bond acceptors (Lipinski definition) is 9. The van der Waals surface area contributed by atoms with Crippen LogP contribution in [0.25, 0.3) is 10.9 Å². The van der Waals surface area contributed by atoms with Crippen molar-refractivity contribution in [3.05, 3.63) is 28.0 Å². The van der Waals surface area contributed by atoms with E-state index in [4.69, 9.17) is 8.92 Å². The molecule has 27 heavy (non-hydrogen) atoms. The Hall–Kier alpha value is 0.000000000000000222. The SMILES string of the molecule is O=S(=O)(OC[C@H]1O[C@@H]([O-])[C@H](O)[C@@H](O)[C@H]1O)Oc1c[nH]c2ccc(I)cc12.[Na+]. The zero-order chi connectivity index (χ0) is 19.1. The zero-order valence-corrected chi connectivity index (χ0v) is 19.0. The van der Waals surface area contributed by atoms with Crippen molar-refractivity contribution in [3.63, 3.8) is 0 Å². The van der Waals surface area contributed by atoms with Gasteiger partial charge in [0, 0.05) is 27.0 Å². The second-order valence-electron chi connectivity index (χ2n) is 5.63. The number of fused-ring (bicyclic) bond motifs is 1. The third-order valence-corrected chi connectivity index (χ3v) is 5.32. The number of H-pyrrole nitrogens is 1. The van der Waals surface area contributed by atoms with Crippen molar-refractivity contribution in [1.82, 2.24) is 4.98 Å². The summed E-state index contributed by atoms with van der Waals surface area (Å²) in [6.07, 6.45) is -7.44. The van der Waals surface area contributed by atoms with Crippen LogP contribution >= 0.6 is 22.6 Å². The summed E-state index contributed by atoms with van der Waals surface area (Å²) in [6.45, 7) is -0.772. The van der Waals surface area contributed by atoms with Crippen LogP contribution in [0.3, 0.4) is 0 Å². The Bertz CT molecular complexity index is 892. The summed E-state index contributed by atoms with van der Waals surface area (Å²) in [7, 11) is -4.54. The number of hydrogen-bond donors (Lipinski definition) is 4. The number of aromatic nitrogens is 1. The van der Waals surface area contributed by atoms with Crippen molar-refractivity contribution < 1.29 is 71.5 Å². The Morgan fingerprint density at radius 1 is 1.22 bits per heavy atom. The van der Waals surface area contributed by atoms with E-state index in [1.165, 1.54) is 6.20 Å². The largest absolute Gasteiger partial charge is 1.00 e. The molecule has 3 rings (SSSR count). The predicted molar refractivity (Wildman–Crippen MR) is 93.2 cm³/mol. The van der Waals surface area contributed by atoms with E-state index >= 15 is 0 Å². The Balaban J connectivity index is 0.00000261. The van der Waals surface area contributed by atoms with Crippen molar-refractivity contribution in [2.75, 3.05) is 6.61 Å². The molecule has 0 saturated carbocycles. The third-order valence-electron chi connectivity index (χ3n) is 3.84. The van der Waals surface area contributed by atoms with Gasteiger partial charge in [0.15, 0.2) is 5.75 Å². The maximum atomic E-state index is 12.0. The first-order valence-electron chi connectivity index (χ1n) is 7.39. The molecule has 1 aliphatic heterocycles. The second-order valence-corrected chi connectivity index (χ2v) is 8.10. The molecule has 4 N–H and O–H groups in total. The van der Waals surface area contributed by atoms with Crippen LogP contribution < -0.4 is 38.8 Å². The molecule has 13 heteroatoms. The van der Waals surface area contributed by atoms with Gasteiger partial charge in [-0.3, -0.25) is 0 Å². The zero-order valence-electron chi connectivity index (χ0n) is 14.0. The van der Waals surface area contributed by atoms with E-state index in [1.807, 2.05) is 6.07 Å². The molecule has 1 aromatic carbocycles. The van der Waals surface area contributed by atoms with Gasteiger partial charge in [-0.25, -0.2) is 4.18 Å². The molecule has 10 nitrogen and oxygen atoms in total. The molecule has 0 radical (unpaired) electrons. The molecule has 2 heterocycles. The molecular weight excluding hydrogens is 508 g/mol. The van der Waals surface area contributed by atoms with Gasteiger partial charge in [0.2, 0.25) is 0 Å². The normalized spacial score (nSPS) is 28.7. The van der Waals surface area contributed by atoms with Gasteiger partial charge in [0.05, 0.1) is 12.7 Å². The number of nitrogens with one attached hydrogen (secondary N) is 1. The fraction of sp³-hybridized carbons (Fsp3) is 0.429. The van der Waals surface area contributed by atoms with Gasteiger partial charge in [0.25, 0.3) is 0 Å². The summed E-state index contributed by atoms with van der Waals surface area (Å²) in [4.78, 5) is 2.85. The molecule has 0 unspecified atom stereocenters. The molecule has 0 spiro atoms. The average Bonchev–Trinajstić information content (AvgIpc) is 2.96. The second kappa shape index (κ2) is 9.21. The van der Waals surface area contributed by atoms with Gasteiger partial charge in [0.1, 0.15) is 18.3 Å². The molecule has 1 aliphatic rings. The minimum absolute atomic E-state index is 0. The van der Waals surface area contributed by atoms with E-state index in [1.54, 1.807) is 12.1 Å². The van der Waals surface area contributed by atoms with Gasteiger partial charge in [-0.05, 0) is 40.8 Å². The first-order valence-corrected chi connectivity index (χ1v) is 9.80. The quantitative estimate of drug-likeness (QED) is 0.224. The van der Waals surface area contributed by atoms with Crippen LogP contribution in [0.2, 0.25) is 0 Å². The van der Waals surface area contributed by atoms with E-state index in [-0.39, 0.29) is 35.3 Å². The van der Waals surface area contributed by atoms with E-state index < -0.39 is 47.7 Å². The van der Waals surface area contributed by atoms with Crippen LogP contribution in [-0.4, -0.2) is 66.0 Å². The monoisotopic (exact) mass is 523 g/mol. The summed E-state index contributed by atoms with van der Waals surface area (Å²) in [5.41, 5.74) is 0.660. The third kappa shape index (κ3) is 5.33. The smallest absolute Gasteiger partial charge is 0.829 e. The Labute approximate surface area is 190 Å². The molecule has 1 saturated heterocycles. The molecule has 0 bridgehead atoms. The number of aromatic amines is 1. The van der Waals surface area contributed by atoms with E-state index in [9.17, 15) is 28.8 Å². The van der Waals surface area contributed by atoms with Gasteiger partial charge in [-0.15, -0.1) is 0 Å². The molecule has 1 aromatic heterocycles. The van der Waals surface area contributed by atoms with E-state index in [0.717, 1.165) is 3.57 Å². The fourth-order valence-electron chi connectivity index (χ4n) is 2.47. The summed E-state index contributed by atoms with van der Waals surface area (Å²) in [5, 5.41) is 40.6. The van der Waals surface area contributed by atoms with Crippen LogP contribution in [0.4, 0.5) is 0 Å². The van der Waals surface area contributed by atoms with Crippen LogP contribution in [0, 0.1) is 3.57 Å². The summed E-state index contributed by atoms with van der Waals surface area (Å²) >= 11 is 2.06. The molecule has 144 valence electrons. The molecule has 5 atom stereocenters. The predicted octanol–water partition coefficient (Wildman–Crippen LogP) is -4.42. The molecule has 2 aromatic rings. The van der Waals surface area contributed by atoms with Crippen molar-refractivity contribution in [2.24, 2.45) is 0 Å². The Morgan fingerprint density at radius 2 is 1.93 bits per heavy atom. The average molecular weight is 523 g/mol. The first-order chi connectivity index (χ1) is 12.2. The molecule has 1 fully saturated rings. The number of halogens is 1. The summed E-state index contributed by atoms with van der Waals surface area (Å²) < 4.78 is 39.2. The van der Waals surface area contributed by atoms with Crippen LogP contribution in [-0.2, 0) is 19.3 Å². The maximum Gasteiger partial charge on any atom is 1.00 e. The van der Waals surface area contributed by atoms with Crippen LogP contribution in [0.15, 0.2) is 24.4 Å². The molecule has 0 aliphatic carbocycles. The van der Waals surface area contributed by atoms with E-state index in [0.29, 0.717) is 10.9 Å². The van der Waals surface area contributed by atoms with E-state index in [2.05, 4.69) is 31.8 Å². The van der Waals surface area contributed by atoms with Crippen molar-refractivity contribution in [3.8, 4) is 5.75 Å².